The van der Waals surface area contributed by atoms with Crippen molar-refractivity contribution >= 4 is 11.6 Å². The molecule has 1 heterocycles. The quantitative estimate of drug-likeness (QED) is 0.853. The van der Waals surface area contributed by atoms with Gasteiger partial charge < -0.3 is 10.1 Å². The van der Waals surface area contributed by atoms with E-state index in [1.165, 1.54) is 18.4 Å². The van der Waals surface area contributed by atoms with Crippen LogP contribution in [0.4, 0.5) is 0 Å². The zero-order valence-electron chi connectivity index (χ0n) is 8.92. The van der Waals surface area contributed by atoms with Gasteiger partial charge in [-0.2, -0.15) is 0 Å². The van der Waals surface area contributed by atoms with E-state index in [2.05, 4.69) is 17.4 Å². The largest absolute Gasteiger partial charge is 0.492 e. The molecule has 0 spiro atoms. The molecular formula is C12H16ClNO. The molecule has 0 saturated carbocycles. The Bertz CT molecular complexity index is 334. The van der Waals surface area contributed by atoms with Crippen molar-refractivity contribution in [2.45, 2.75) is 25.8 Å². The summed E-state index contributed by atoms with van der Waals surface area (Å²) in [5, 5.41) is 4.16. The fraction of sp³-hybridized carbons (Fsp3) is 0.500. The second-order valence-corrected chi connectivity index (χ2v) is 4.18. The van der Waals surface area contributed by atoms with E-state index in [-0.39, 0.29) is 0 Å². The van der Waals surface area contributed by atoms with E-state index >= 15 is 0 Å². The average molecular weight is 226 g/mol. The lowest BCUT2D eigenvalue weighted by Gasteiger charge is -2.13. The van der Waals surface area contributed by atoms with E-state index < -0.39 is 0 Å². The lowest BCUT2D eigenvalue weighted by molar-refractivity contribution is 0.339. The first-order valence-electron chi connectivity index (χ1n) is 5.47. The van der Waals surface area contributed by atoms with Gasteiger partial charge in [0.05, 0.1) is 11.6 Å². The van der Waals surface area contributed by atoms with Crippen LogP contribution < -0.4 is 10.1 Å². The fourth-order valence-corrected chi connectivity index (χ4v) is 2.14. The maximum absolute atomic E-state index is 6.04. The zero-order chi connectivity index (χ0) is 10.7. The summed E-state index contributed by atoms with van der Waals surface area (Å²) in [5.41, 5.74) is 1.28. The van der Waals surface area contributed by atoms with Gasteiger partial charge in [0.2, 0.25) is 0 Å². The molecule has 15 heavy (non-hydrogen) atoms. The normalized spacial score (nSPS) is 20.5. The van der Waals surface area contributed by atoms with Crippen molar-refractivity contribution in [1.82, 2.24) is 5.32 Å². The smallest absolute Gasteiger partial charge is 0.138 e. The lowest BCUT2D eigenvalue weighted by Crippen LogP contribution is -2.12. The summed E-state index contributed by atoms with van der Waals surface area (Å²) in [4.78, 5) is 0. The molecule has 1 aliphatic heterocycles. The van der Waals surface area contributed by atoms with Crippen LogP contribution in [0.15, 0.2) is 18.2 Å². The second-order valence-electron chi connectivity index (χ2n) is 3.77. The predicted molar refractivity (Wildman–Crippen MR) is 62.6 cm³/mol. The minimum Gasteiger partial charge on any atom is -0.492 e. The molecule has 1 aromatic carbocycles. The standard InChI is InChI=1S/C12H16ClNO/c1-2-15-12-8-9(5-6-10(12)13)11-4-3-7-14-11/h5-6,8,11,14H,2-4,7H2,1H3. The molecule has 0 aliphatic carbocycles. The van der Waals surface area contributed by atoms with Gasteiger partial charge in [-0.05, 0) is 44.0 Å². The van der Waals surface area contributed by atoms with Gasteiger partial charge in [0.15, 0.2) is 0 Å². The second kappa shape index (κ2) is 4.86. The molecule has 1 aliphatic rings. The van der Waals surface area contributed by atoms with Gasteiger partial charge in [0.1, 0.15) is 5.75 Å². The summed E-state index contributed by atoms with van der Waals surface area (Å²) < 4.78 is 5.48. The van der Waals surface area contributed by atoms with Crippen LogP contribution in [0.5, 0.6) is 5.75 Å². The first-order chi connectivity index (χ1) is 7.31. The number of benzene rings is 1. The Morgan fingerprint density at radius 2 is 2.40 bits per heavy atom. The summed E-state index contributed by atoms with van der Waals surface area (Å²) in [6.07, 6.45) is 2.45. The van der Waals surface area contributed by atoms with Crippen molar-refractivity contribution < 1.29 is 4.74 Å². The molecule has 1 N–H and O–H groups in total. The summed E-state index contributed by atoms with van der Waals surface area (Å²) in [5.74, 6) is 0.797. The number of rotatable bonds is 3. The highest BCUT2D eigenvalue weighted by atomic mass is 35.5. The highest BCUT2D eigenvalue weighted by Crippen LogP contribution is 2.31. The van der Waals surface area contributed by atoms with E-state index in [4.69, 9.17) is 16.3 Å². The summed E-state index contributed by atoms with van der Waals surface area (Å²) in [6.45, 7) is 3.73. The third-order valence-corrected chi connectivity index (χ3v) is 3.03. The maximum Gasteiger partial charge on any atom is 0.138 e. The van der Waals surface area contributed by atoms with Crippen molar-refractivity contribution in [2.75, 3.05) is 13.2 Å². The molecule has 0 radical (unpaired) electrons. The van der Waals surface area contributed by atoms with Crippen molar-refractivity contribution in [1.29, 1.82) is 0 Å². The van der Waals surface area contributed by atoms with E-state index in [1.54, 1.807) is 0 Å². The Labute approximate surface area is 95.6 Å². The minimum atomic E-state index is 0.474. The Morgan fingerprint density at radius 1 is 1.53 bits per heavy atom. The van der Waals surface area contributed by atoms with E-state index in [0.717, 1.165) is 12.3 Å². The Kier molecular flexibility index (Phi) is 3.49. The predicted octanol–water partition coefficient (Wildman–Crippen LogP) is 3.16. The molecule has 1 fully saturated rings. The van der Waals surface area contributed by atoms with Gasteiger partial charge in [-0.1, -0.05) is 17.7 Å². The van der Waals surface area contributed by atoms with Crippen LogP contribution in [0.3, 0.4) is 0 Å². The fourth-order valence-electron chi connectivity index (χ4n) is 1.97. The third kappa shape index (κ3) is 2.44. The number of hydrogen-bond acceptors (Lipinski definition) is 2. The van der Waals surface area contributed by atoms with E-state index in [0.29, 0.717) is 17.7 Å². The molecule has 1 atom stereocenters. The Hall–Kier alpha value is -0.730. The van der Waals surface area contributed by atoms with Gasteiger partial charge in [-0.3, -0.25) is 0 Å². The first-order valence-corrected chi connectivity index (χ1v) is 5.84. The van der Waals surface area contributed by atoms with Crippen molar-refractivity contribution in [3.05, 3.63) is 28.8 Å². The van der Waals surface area contributed by atoms with Crippen LogP contribution in [-0.2, 0) is 0 Å². The molecule has 2 rings (SSSR count). The van der Waals surface area contributed by atoms with Gasteiger partial charge >= 0.3 is 0 Å². The summed E-state index contributed by atoms with van der Waals surface area (Å²) in [6, 6.07) is 6.52. The van der Waals surface area contributed by atoms with Crippen LogP contribution in [-0.4, -0.2) is 13.2 Å². The highest BCUT2D eigenvalue weighted by Gasteiger charge is 2.17. The summed E-state index contributed by atoms with van der Waals surface area (Å²) >= 11 is 6.04. The number of nitrogens with one attached hydrogen (secondary N) is 1. The van der Waals surface area contributed by atoms with Gasteiger partial charge in [-0.15, -0.1) is 0 Å². The minimum absolute atomic E-state index is 0.474. The molecule has 0 aromatic heterocycles. The molecule has 1 saturated heterocycles. The van der Waals surface area contributed by atoms with Gasteiger partial charge in [0.25, 0.3) is 0 Å². The summed E-state index contributed by atoms with van der Waals surface area (Å²) in [7, 11) is 0. The molecule has 1 unspecified atom stereocenters. The molecular weight excluding hydrogens is 210 g/mol. The zero-order valence-corrected chi connectivity index (χ0v) is 9.68. The molecule has 2 nitrogen and oxygen atoms in total. The monoisotopic (exact) mass is 225 g/mol. The third-order valence-electron chi connectivity index (χ3n) is 2.72. The van der Waals surface area contributed by atoms with Crippen LogP contribution in [0, 0.1) is 0 Å². The van der Waals surface area contributed by atoms with Crippen molar-refractivity contribution in [3.8, 4) is 5.75 Å². The highest BCUT2D eigenvalue weighted by molar-refractivity contribution is 6.32. The van der Waals surface area contributed by atoms with E-state index in [9.17, 15) is 0 Å². The maximum atomic E-state index is 6.04. The lowest BCUT2D eigenvalue weighted by atomic mass is 10.1. The molecule has 3 heteroatoms. The Balaban J connectivity index is 2.21. The molecule has 0 bridgehead atoms. The SMILES string of the molecule is CCOc1cc(C2CCCN2)ccc1Cl. The van der Waals surface area contributed by atoms with Crippen molar-refractivity contribution in [2.24, 2.45) is 0 Å². The van der Waals surface area contributed by atoms with Crippen LogP contribution in [0.1, 0.15) is 31.4 Å². The Morgan fingerprint density at radius 3 is 3.07 bits per heavy atom. The van der Waals surface area contributed by atoms with Crippen LogP contribution in [0.2, 0.25) is 5.02 Å². The molecule has 0 amide bonds. The number of hydrogen-bond donors (Lipinski definition) is 1. The van der Waals surface area contributed by atoms with Crippen LogP contribution in [0.25, 0.3) is 0 Å². The average Bonchev–Trinajstić information content (AvgIpc) is 2.75. The van der Waals surface area contributed by atoms with Gasteiger partial charge in [-0.25, -0.2) is 0 Å². The van der Waals surface area contributed by atoms with E-state index in [1.807, 2.05) is 13.0 Å². The van der Waals surface area contributed by atoms with Gasteiger partial charge in [0, 0.05) is 6.04 Å². The van der Waals surface area contributed by atoms with Crippen molar-refractivity contribution in [3.63, 3.8) is 0 Å². The number of ether oxygens (including phenoxy) is 1. The van der Waals surface area contributed by atoms with Crippen LogP contribution >= 0.6 is 11.6 Å². The molecule has 1 aromatic rings. The topological polar surface area (TPSA) is 21.3 Å². The first kappa shape index (κ1) is 10.8. The molecule has 82 valence electrons. The number of halogens is 1.